The van der Waals surface area contributed by atoms with Crippen molar-refractivity contribution < 1.29 is 22.7 Å². The molecule has 106 valence electrons. The van der Waals surface area contributed by atoms with E-state index in [4.69, 9.17) is 10.5 Å². The molecule has 0 aliphatic heterocycles. The second-order valence-corrected chi connectivity index (χ2v) is 4.05. The van der Waals surface area contributed by atoms with Crippen molar-refractivity contribution in [1.29, 1.82) is 0 Å². The van der Waals surface area contributed by atoms with E-state index < -0.39 is 25.0 Å². The van der Waals surface area contributed by atoms with Crippen molar-refractivity contribution in [3.05, 3.63) is 23.8 Å². The molecular weight excluding hydrogens is 261 g/mol. The molecule has 7 heteroatoms. The van der Waals surface area contributed by atoms with Crippen LogP contribution in [-0.4, -0.2) is 37.7 Å². The number of hydrogen-bond donors (Lipinski definition) is 1. The number of anilines is 1. The molecule has 0 saturated carbocycles. The van der Waals surface area contributed by atoms with Crippen LogP contribution >= 0.6 is 0 Å². The number of nitrogens with two attached hydrogens (primary N) is 1. The van der Waals surface area contributed by atoms with Crippen molar-refractivity contribution in [3.63, 3.8) is 0 Å². The fourth-order valence-corrected chi connectivity index (χ4v) is 1.49. The van der Waals surface area contributed by atoms with E-state index in [1.807, 2.05) is 0 Å². The summed E-state index contributed by atoms with van der Waals surface area (Å²) in [6.45, 7) is -0.416. The van der Waals surface area contributed by atoms with Gasteiger partial charge in [0.15, 0.2) is 0 Å². The van der Waals surface area contributed by atoms with Crippen LogP contribution in [0.5, 0.6) is 5.75 Å². The van der Waals surface area contributed by atoms with E-state index >= 15 is 0 Å². The summed E-state index contributed by atoms with van der Waals surface area (Å²) in [5.41, 5.74) is 6.04. The Labute approximate surface area is 108 Å². The van der Waals surface area contributed by atoms with E-state index in [1.165, 1.54) is 26.3 Å². The zero-order valence-electron chi connectivity index (χ0n) is 10.6. The molecule has 0 aliphatic rings. The van der Waals surface area contributed by atoms with Gasteiger partial charge < -0.3 is 15.4 Å². The van der Waals surface area contributed by atoms with Crippen LogP contribution < -0.4 is 10.5 Å². The molecule has 0 unspecified atom stereocenters. The number of methoxy groups -OCH3 is 1. The second-order valence-electron chi connectivity index (χ2n) is 4.05. The number of nitrogens with zero attached hydrogens (tertiary/aromatic N) is 1. The van der Waals surface area contributed by atoms with E-state index in [2.05, 4.69) is 0 Å². The average Bonchev–Trinajstić information content (AvgIpc) is 2.34. The number of amides is 1. The molecule has 0 fully saturated rings. The smallest absolute Gasteiger partial charge is 0.390 e. The lowest BCUT2D eigenvalue weighted by Crippen LogP contribution is -2.30. The highest BCUT2D eigenvalue weighted by atomic mass is 19.4. The van der Waals surface area contributed by atoms with Gasteiger partial charge in [0.25, 0.3) is 5.91 Å². The first-order valence-electron chi connectivity index (χ1n) is 5.50. The molecule has 0 heterocycles. The van der Waals surface area contributed by atoms with Gasteiger partial charge in [-0.1, -0.05) is 0 Å². The summed E-state index contributed by atoms with van der Waals surface area (Å²) in [5.74, 6) is -0.286. The Balaban J connectivity index is 2.84. The van der Waals surface area contributed by atoms with Gasteiger partial charge in [0.2, 0.25) is 0 Å². The normalized spacial score (nSPS) is 11.2. The maximum Gasteiger partial charge on any atom is 0.390 e. The number of nitrogen functional groups attached to an aromatic ring is 1. The first-order chi connectivity index (χ1) is 8.74. The van der Waals surface area contributed by atoms with Gasteiger partial charge >= 0.3 is 6.18 Å². The van der Waals surface area contributed by atoms with Crippen LogP contribution in [0.15, 0.2) is 18.2 Å². The molecule has 0 saturated heterocycles. The zero-order valence-corrected chi connectivity index (χ0v) is 10.6. The quantitative estimate of drug-likeness (QED) is 0.858. The lowest BCUT2D eigenvalue weighted by molar-refractivity contribution is -0.136. The predicted octanol–water partition coefficient (Wildman–Crippen LogP) is 2.30. The van der Waals surface area contributed by atoms with Crippen LogP contribution in [0.25, 0.3) is 0 Å². The van der Waals surface area contributed by atoms with Crippen molar-refractivity contribution in [2.75, 3.05) is 26.4 Å². The van der Waals surface area contributed by atoms with Crippen molar-refractivity contribution in [2.24, 2.45) is 0 Å². The molecule has 1 aromatic rings. The first kappa shape index (κ1) is 15.1. The zero-order chi connectivity index (χ0) is 14.6. The maximum absolute atomic E-state index is 12.1. The van der Waals surface area contributed by atoms with Crippen molar-refractivity contribution >= 4 is 11.6 Å². The predicted molar refractivity (Wildman–Crippen MR) is 65.0 cm³/mol. The van der Waals surface area contributed by atoms with Gasteiger partial charge in [0.05, 0.1) is 19.1 Å². The topological polar surface area (TPSA) is 55.6 Å². The number of carbonyl (C=O) groups excluding carboxylic acids is 1. The van der Waals surface area contributed by atoms with Crippen LogP contribution in [-0.2, 0) is 0 Å². The van der Waals surface area contributed by atoms with Gasteiger partial charge in [-0.3, -0.25) is 4.79 Å². The fourth-order valence-electron chi connectivity index (χ4n) is 1.49. The van der Waals surface area contributed by atoms with Crippen LogP contribution in [0.4, 0.5) is 18.9 Å². The Bertz CT molecular complexity index is 461. The van der Waals surface area contributed by atoms with Crippen LogP contribution in [0.1, 0.15) is 16.8 Å². The summed E-state index contributed by atoms with van der Waals surface area (Å²) >= 11 is 0. The molecule has 0 aromatic heterocycles. The summed E-state index contributed by atoms with van der Waals surface area (Å²) < 4.78 is 41.3. The van der Waals surface area contributed by atoms with Crippen molar-refractivity contribution in [3.8, 4) is 5.75 Å². The molecule has 0 atom stereocenters. The van der Waals surface area contributed by atoms with Crippen LogP contribution in [0.3, 0.4) is 0 Å². The number of ether oxygens (including phenoxy) is 1. The molecule has 4 nitrogen and oxygen atoms in total. The third-order valence-electron chi connectivity index (χ3n) is 2.53. The largest absolute Gasteiger partial charge is 0.496 e. The second kappa shape index (κ2) is 5.81. The monoisotopic (exact) mass is 276 g/mol. The Kier molecular flexibility index (Phi) is 4.63. The van der Waals surface area contributed by atoms with Gasteiger partial charge in [0.1, 0.15) is 5.75 Å². The fraction of sp³-hybridized carbons (Fsp3) is 0.417. The lowest BCUT2D eigenvalue weighted by Gasteiger charge is -2.19. The van der Waals surface area contributed by atoms with E-state index in [9.17, 15) is 18.0 Å². The number of carbonyl (C=O) groups is 1. The van der Waals surface area contributed by atoms with E-state index in [0.717, 1.165) is 4.90 Å². The van der Waals surface area contributed by atoms with Crippen molar-refractivity contribution in [1.82, 2.24) is 4.90 Å². The third kappa shape index (κ3) is 4.35. The molecule has 1 rings (SSSR count). The summed E-state index contributed by atoms with van der Waals surface area (Å²) in [7, 11) is 2.68. The van der Waals surface area contributed by atoms with Gasteiger partial charge in [0, 0.05) is 19.3 Å². The molecule has 2 N–H and O–H groups in total. The number of hydrogen-bond acceptors (Lipinski definition) is 3. The molecule has 0 spiro atoms. The third-order valence-corrected chi connectivity index (χ3v) is 2.53. The number of rotatable bonds is 4. The first-order valence-corrected chi connectivity index (χ1v) is 5.50. The summed E-state index contributed by atoms with van der Waals surface area (Å²) in [4.78, 5) is 13.0. The lowest BCUT2D eigenvalue weighted by atomic mass is 10.1. The van der Waals surface area contributed by atoms with Crippen LogP contribution in [0.2, 0.25) is 0 Å². The summed E-state index contributed by atoms with van der Waals surface area (Å²) in [6, 6.07) is 4.43. The minimum absolute atomic E-state index is 0.146. The van der Waals surface area contributed by atoms with Gasteiger partial charge in [-0.15, -0.1) is 0 Å². The standard InChI is InChI=1S/C12H15F3N2O2/c1-17(6-5-12(13,14)15)11(18)9-7-8(16)3-4-10(9)19-2/h3-4,7H,5-6,16H2,1-2H3. The number of halogens is 3. The maximum atomic E-state index is 12.1. The Morgan fingerprint density at radius 2 is 2.05 bits per heavy atom. The molecule has 1 amide bonds. The minimum Gasteiger partial charge on any atom is -0.496 e. The number of alkyl halides is 3. The SMILES string of the molecule is COc1ccc(N)cc1C(=O)N(C)CCC(F)(F)F. The highest BCUT2D eigenvalue weighted by Crippen LogP contribution is 2.24. The highest BCUT2D eigenvalue weighted by Gasteiger charge is 2.28. The van der Waals surface area contributed by atoms with Gasteiger partial charge in [-0.2, -0.15) is 13.2 Å². The summed E-state index contributed by atoms with van der Waals surface area (Å²) in [5, 5.41) is 0. The number of benzene rings is 1. The molecule has 0 aliphatic carbocycles. The Morgan fingerprint density at radius 3 is 2.58 bits per heavy atom. The molecule has 0 bridgehead atoms. The minimum atomic E-state index is -4.30. The van der Waals surface area contributed by atoms with Gasteiger partial charge in [-0.25, -0.2) is 0 Å². The molecule has 0 radical (unpaired) electrons. The van der Waals surface area contributed by atoms with E-state index in [-0.39, 0.29) is 11.3 Å². The average molecular weight is 276 g/mol. The molecular formula is C12H15F3N2O2. The molecule has 19 heavy (non-hydrogen) atoms. The van der Waals surface area contributed by atoms with E-state index in [0.29, 0.717) is 5.69 Å². The van der Waals surface area contributed by atoms with Gasteiger partial charge in [-0.05, 0) is 18.2 Å². The van der Waals surface area contributed by atoms with Crippen molar-refractivity contribution in [2.45, 2.75) is 12.6 Å². The Morgan fingerprint density at radius 1 is 1.42 bits per heavy atom. The highest BCUT2D eigenvalue weighted by molar-refractivity contribution is 5.97. The van der Waals surface area contributed by atoms with E-state index in [1.54, 1.807) is 6.07 Å². The van der Waals surface area contributed by atoms with Crippen LogP contribution in [0, 0.1) is 0 Å². The summed E-state index contributed by atoms with van der Waals surface area (Å²) in [6.07, 6.45) is -5.35. The molecule has 1 aromatic carbocycles. The Hall–Kier alpha value is -1.92.